The molecule has 0 amide bonds. The minimum Gasteiger partial charge on any atom is -0.496 e. The number of nitrogen functional groups attached to an aromatic ring is 1. The van der Waals surface area contributed by atoms with Crippen LogP contribution < -0.4 is 15.8 Å². The van der Waals surface area contributed by atoms with Crippen molar-refractivity contribution in [2.75, 3.05) is 19.4 Å². The van der Waals surface area contributed by atoms with E-state index in [0.717, 1.165) is 65.8 Å². The third-order valence-corrected chi connectivity index (χ3v) is 8.28. The summed E-state index contributed by atoms with van der Waals surface area (Å²) < 4.78 is 13.4. The maximum Gasteiger partial charge on any atom is 0.323 e. The quantitative estimate of drug-likeness (QED) is 0.0977. The Labute approximate surface area is 263 Å². The summed E-state index contributed by atoms with van der Waals surface area (Å²) in [6.45, 7) is 5.03. The van der Waals surface area contributed by atoms with Crippen LogP contribution in [0.5, 0.6) is 5.75 Å². The molecule has 0 radical (unpaired) electrons. The van der Waals surface area contributed by atoms with Gasteiger partial charge in [-0.25, -0.2) is 4.98 Å². The molecule has 230 valence electrons. The summed E-state index contributed by atoms with van der Waals surface area (Å²) in [4.78, 5) is 26.3. The third-order valence-electron chi connectivity index (χ3n) is 8.00. The molecule has 1 aromatic carbocycles. The number of aromatic nitrogens is 4. The molecule has 0 aliphatic heterocycles. The van der Waals surface area contributed by atoms with Crippen LogP contribution in [0.15, 0.2) is 42.7 Å². The van der Waals surface area contributed by atoms with E-state index in [2.05, 4.69) is 32.1 Å². The van der Waals surface area contributed by atoms with Gasteiger partial charge in [-0.3, -0.25) is 9.78 Å². The standard InChI is InChI=1S/C34H39ClN6O3/c1-22-19-38-28(23(2)30(22)43-3)21-41-20-25(29-31(35)39-34(36)40-32(29)41)14-8-5-11-17-37-27(18-24-12-6-4-7-13-24)33(42)44-26-15-9-10-16-26/h4,6-7,12-13,19-20,26-27,37H,5,9-11,15-18,21H2,1-3H3,(H2,36,39,40)/t27-/m0/s1. The Morgan fingerprint density at radius 2 is 1.98 bits per heavy atom. The number of nitrogens with one attached hydrogen (secondary N) is 1. The maximum atomic E-state index is 13.0. The highest BCUT2D eigenvalue weighted by Crippen LogP contribution is 2.29. The van der Waals surface area contributed by atoms with Crippen molar-refractivity contribution < 1.29 is 14.3 Å². The van der Waals surface area contributed by atoms with E-state index in [1.165, 1.54) is 0 Å². The summed E-state index contributed by atoms with van der Waals surface area (Å²) in [6.07, 6.45) is 9.86. The van der Waals surface area contributed by atoms with Crippen LogP contribution >= 0.6 is 11.6 Å². The fourth-order valence-electron chi connectivity index (χ4n) is 5.72. The summed E-state index contributed by atoms with van der Waals surface area (Å²) in [7, 11) is 1.66. The highest BCUT2D eigenvalue weighted by Gasteiger charge is 2.25. The van der Waals surface area contributed by atoms with Crippen molar-refractivity contribution in [1.29, 1.82) is 0 Å². The predicted molar refractivity (Wildman–Crippen MR) is 173 cm³/mol. The molecule has 3 N–H and O–H groups in total. The number of pyridine rings is 1. The zero-order valence-corrected chi connectivity index (χ0v) is 26.3. The average molecular weight is 615 g/mol. The number of nitrogens with two attached hydrogens (primary N) is 1. The molecule has 5 rings (SSSR count). The molecule has 9 nitrogen and oxygen atoms in total. The van der Waals surface area contributed by atoms with Gasteiger partial charge in [0, 0.05) is 29.9 Å². The van der Waals surface area contributed by atoms with Gasteiger partial charge in [-0.2, -0.15) is 4.98 Å². The number of halogens is 1. The van der Waals surface area contributed by atoms with Crippen LogP contribution in [-0.2, 0) is 22.5 Å². The molecule has 1 atom stereocenters. The number of ether oxygens (including phenoxy) is 2. The predicted octanol–water partition coefficient (Wildman–Crippen LogP) is 5.55. The minimum atomic E-state index is -0.400. The number of fused-ring (bicyclic) bond motifs is 1. The number of anilines is 1. The Balaban J connectivity index is 1.27. The second kappa shape index (κ2) is 14.6. The van der Waals surface area contributed by atoms with E-state index in [0.29, 0.717) is 37.0 Å². The van der Waals surface area contributed by atoms with Gasteiger partial charge >= 0.3 is 5.97 Å². The molecular formula is C34H39ClN6O3. The van der Waals surface area contributed by atoms with Crippen LogP contribution in [0.4, 0.5) is 5.95 Å². The van der Waals surface area contributed by atoms with Crippen molar-refractivity contribution >= 4 is 34.6 Å². The molecule has 3 heterocycles. The summed E-state index contributed by atoms with van der Waals surface area (Å²) in [5, 5.41) is 4.33. The first-order valence-electron chi connectivity index (χ1n) is 15.1. The lowest BCUT2D eigenvalue weighted by Gasteiger charge is -2.20. The zero-order valence-electron chi connectivity index (χ0n) is 25.5. The van der Waals surface area contributed by atoms with Crippen LogP contribution in [0.1, 0.15) is 66.5 Å². The Bertz CT molecular complexity index is 1670. The molecule has 1 aliphatic rings. The van der Waals surface area contributed by atoms with Gasteiger partial charge in [0.05, 0.1) is 30.3 Å². The van der Waals surface area contributed by atoms with Gasteiger partial charge in [0.1, 0.15) is 28.7 Å². The number of hydrogen-bond acceptors (Lipinski definition) is 8. The first-order valence-corrected chi connectivity index (χ1v) is 15.5. The summed E-state index contributed by atoms with van der Waals surface area (Å²) in [6, 6.07) is 9.63. The molecule has 0 spiro atoms. The molecule has 4 aromatic rings. The molecule has 1 aliphatic carbocycles. The first-order chi connectivity index (χ1) is 21.3. The molecule has 44 heavy (non-hydrogen) atoms. The van der Waals surface area contributed by atoms with E-state index in [1.54, 1.807) is 13.3 Å². The molecule has 3 aromatic heterocycles. The second-order valence-electron chi connectivity index (χ2n) is 11.2. The number of unbranched alkanes of at least 4 members (excludes halogenated alkanes) is 1. The van der Waals surface area contributed by atoms with E-state index in [1.807, 2.05) is 54.9 Å². The number of hydrogen-bond donors (Lipinski definition) is 2. The Hall–Kier alpha value is -4.13. The highest BCUT2D eigenvalue weighted by molar-refractivity contribution is 6.34. The van der Waals surface area contributed by atoms with Crippen molar-refractivity contribution in [2.24, 2.45) is 0 Å². The average Bonchev–Trinajstić information content (AvgIpc) is 3.64. The van der Waals surface area contributed by atoms with Crippen LogP contribution in [-0.4, -0.2) is 51.3 Å². The number of carbonyl (C=O) groups excluding carboxylic acids is 1. The molecular weight excluding hydrogens is 576 g/mol. The third kappa shape index (κ3) is 7.50. The SMILES string of the molecule is COc1c(C)cnc(Cn2cc(C#CCCCN[C@@H](Cc3ccccc3)C(=O)OC3CCCC3)c3c(Cl)nc(N)nc32)c1C. The number of aryl methyl sites for hydroxylation is 1. The van der Waals surface area contributed by atoms with Gasteiger partial charge in [-0.05, 0) is 64.5 Å². The van der Waals surface area contributed by atoms with Crippen LogP contribution in [0.2, 0.25) is 5.15 Å². The summed E-state index contributed by atoms with van der Waals surface area (Å²) in [5.41, 5.74) is 11.1. The number of esters is 1. The summed E-state index contributed by atoms with van der Waals surface area (Å²) in [5.74, 6) is 7.25. The van der Waals surface area contributed by atoms with Gasteiger partial charge in [0.15, 0.2) is 0 Å². The first kappa shape index (κ1) is 31.3. The summed E-state index contributed by atoms with van der Waals surface area (Å²) >= 11 is 6.54. The van der Waals surface area contributed by atoms with Gasteiger partial charge in [-0.15, -0.1) is 0 Å². The van der Waals surface area contributed by atoms with Gasteiger partial charge in [-0.1, -0.05) is 53.8 Å². The topological polar surface area (TPSA) is 117 Å². The Morgan fingerprint density at radius 3 is 2.73 bits per heavy atom. The molecule has 0 unspecified atom stereocenters. The van der Waals surface area contributed by atoms with E-state index in [4.69, 9.17) is 26.8 Å². The molecule has 1 saturated carbocycles. The van der Waals surface area contributed by atoms with Crippen LogP contribution in [0, 0.1) is 25.7 Å². The van der Waals surface area contributed by atoms with E-state index in [9.17, 15) is 4.79 Å². The van der Waals surface area contributed by atoms with Crippen LogP contribution in [0.25, 0.3) is 11.0 Å². The monoisotopic (exact) mass is 614 g/mol. The lowest BCUT2D eigenvalue weighted by atomic mass is 10.1. The fourth-order valence-corrected chi connectivity index (χ4v) is 5.99. The number of methoxy groups -OCH3 is 1. The highest BCUT2D eigenvalue weighted by atomic mass is 35.5. The molecule has 0 saturated heterocycles. The van der Waals surface area contributed by atoms with Gasteiger partial charge in [0.2, 0.25) is 5.95 Å². The van der Waals surface area contributed by atoms with E-state index < -0.39 is 6.04 Å². The van der Waals surface area contributed by atoms with E-state index >= 15 is 0 Å². The van der Waals surface area contributed by atoms with Gasteiger partial charge in [0.25, 0.3) is 0 Å². The normalized spacial score (nSPS) is 13.9. The number of nitrogens with zero attached hydrogens (tertiary/aromatic N) is 4. The second-order valence-corrected chi connectivity index (χ2v) is 11.6. The largest absolute Gasteiger partial charge is 0.496 e. The van der Waals surface area contributed by atoms with Crippen molar-refractivity contribution in [2.45, 2.75) is 77.5 Å². The van der Waals surface area contributed by atoms with E-state index in [-0.39, 0.29) is 23.2 Å². The smallest absolute Gasteiger partial charge is 0.323 e. The molecule has 0 bridgehead atoms. The number of benzene rings is 1. The molecule has 10 heteroatoms. The minimum absolute atomic E-state index is 0.0365. The Kier molecular flexibility index (Phi) is 10.4. The lowest BCUT2D eigenvalue weighted by Crippen LogP contribution is -2.41. The number of rotatable bonds is 11. The lowest BCUT2D eigenvalue weighted by molar-refractivity contribution is -0.151. The maximum absolute atomic E-state index is 13.0. The van der Waals surface area contributed by atoms with Crippen molar-refractivity contribution in [3.8, 4) is 17.6 Å². The molecule has 1 fully saturated rings. The van der Waals surface area contributed by atoms with Crippen molar-refractivity contribution in [3.05, 3.63) is 75.8 Å². The van der Waals surface area contributed by atoms with Crippen molar-refractivity contribution in [1.82, 2.24) is 24.8 Å². The van der Waals surface area contributed by atoms with Crippen molar-refractivity contribution in [3.63, 3.8) is 0 Å². The number of carbonyl (C=O) groups is 1. The zero-order chi connectivity index (χ0) is 31.1. The van der Waals surface area contributed by atoms with Crippen LogP contribution in [0.3, 0.4) is 0 Å². The Morgan fingerprint density at radius 1 is 1.20 bits per heavy atom. The van der Waals surface area contributed by atoms with Gasteiger partial charge < -0.3 is 25.1 Å². The fraction of sp³-hybridized carbons (Fsp3) is 0.412.